The van der Waals surface area contributed by atoms with Gasteiger partial charge < -0.3 is 4.40 Å². The molecule has 3 heterocycles. The highest BCUT2D eigenvalue weighted by Crippen LogP contribution is 2.39. The van der Waals surface area contributed by atoms with Crippen LogP contribution in [0.15, 0.2) is 30.3 Å². The predicted molar refractivity (Wildman–Crippen MR) is 87.3 cm³/mol. The monoisotopic (exact) mass is 280 g/mol. The lowest BCUT2D eigenvalue weighted by molar-refractivity contribution is 0.576. The summed E-state index contributed by atoms with van der Waals surface area (Å²) in [5.41, 5.74) is 4.97. The maximum absolute atomic E-state index is 4.99. The van der Waals surface area contributed by atoms with Crippen molar-refractivity contribution in [3.8, 4) is 0 Å². The van der Waals surface area contributed by atoms with Gasteiger partial charge in [-0.15, -0.1) is 0 Å². The standard InChI is InChI=1S/C17H17N2P/c1-10-13-9-8-11-6-5-7-12-14(11)19(13)16(20-10)15(18-12)17(2,3)4/h5-9H,1-4H3. The van der Waals surface area contributed by atoms with Gasteiger partial charge in [0.1, 0.15) is 0 Å². The highest BCUT2D eigenvalue weighted by atomic mass is 31.0. The number of hydrogen-bond donors (Lipinski definition) is 0. The van der Waals surface area contributed by atoms with E-state index in [0.717, 1.165) is 5.52 Å². The van der Waals surface area contributed by atoms with Crippen LogP contribution in [0.4, 0.5) is 0 Å². The molecule has 0 amide bonds. The Balaban J connectivity index is 2.37. The average Bonchev–Trinajstić information content (AvgIpc) is 2.73. The zero-order valence-electron chi connectivity index (χ0n) is 12.2. The molecule has 0 fully saturated rings. The second-order valence-electron chi connectivity index (χ2n) is 6.50. The molecule has 2 nitrogen and oxygen atoms in total. The number of hydrogen-bond acceptors (Lipinski definition) is 1. The van der Waals surface area contributed by atoms with Gasteiger partial charge in [0, 0.05) is 16.1 Å². The Hall–Kier alpha value is -1.66. The third kappa shape index (κ3) is 1.46. The van der Waals surface area contributed by atoms with E-state index < -0.39 is 0 Å². The summed E-state index contributed by atoms with van der Waals surface area (Å²) in [6.07, 6.45) is 0. The molecule has 0 unspecified atom stereocenters. The van der Waals surface area contributed by atoms with E-state index >= 15 is 0 Å². The molecule has 4 rings (SSSR count). The number of rotatable bonds is 0. The summed E-state index contributed by atoms with van der Waals surface area (Å²) in [4.78, 5) is 4.99. The lowest BCUT2D eigenvalue weighted by Gasteiger charge is -2.21. The molecular formula is C17H17N2P. The molecule has 0 bridgehead atoms. The average molecular weight is 280 g/mol. The van der Waals surface area contributed by atoms with Crippen LogP contribution in [-0.4, -0.2) is 9.38 Å². The number of pyridine rings is 1. The number of aromatic nitrogens is 2. The fraction of sp³-hybridized carbons (Fsp3) is 0.294. The molecule has 0 saturated heterocycles. The van der Waals surface area contributed by atoms with E-state index in [4.69, 9.17) is 4.98 Å². The maximum atomic E-state index is 4.99. The minimum atomic E-state index is 0.0624. The second kappa shape index (κ2) is 3.71. The van der Waals surface area contributed by atoms with E-state index in [-0.39, 0.29) is 5.41 Å². The molecule has 0 aliphatic heterocycles. The first-order valence-electron chi connectivity index (χ1n) is 6.97. The Morgan fingerprint density at radius 1 is 1.10 bits per heavy atom. The van der Waals surface area contributed by atoms with Crippen LogP contribution in [0, 0.1) is 6.92 Å². The first kappa shape index (κ1) is 12.1. The molecule has 0 N–H and O–H groups in total. The van der Waals surface area contributed by atoms with Gasteiger partial charge in [0.15, 0.2) is 0 Å². The van der Waals surface area contributed by atoms with Crippen molar-refractivity contribution in [2.24, 2.45) is 0 Å². The first-order chi connectivity index (χ1) is 9.47. The summed E-state index contributed by atoms with van der Waals surface area (Å²) >= 11 is 0. The van der Waals surface area contributed by atoms with Crippen molar-refractivity contribution in [3.63, 3.8) is 0 Å². The lowest BCUT2D eigenvalue weighted by atomic mass is 9.92. The van der Waals surface area contributed by atoms with Crippen molar-refractivity contribution in [1.29, 1.82) is 0 Å². The quantitative estimate of drug-likeness (QED) is 0.429. The molecule has 4 aromatic rings. The van der Waals surface area contributed by atoms with Crippen molar-refractivity contribution in [2.45, 2.75) is 33.1 Å². The Kier molecular flexibility index (Phi) is 2.24. The molecule has 1 aromatic carbocycles. The van der Waals surface area contributed by atoms with Crippen LogP contribution in [-0.2, 0) is 5.41 Å². The van der Waals surface area contributed by atoms with Gasteiger partial charge in [-0.2, -0.15) is 0 Å². The van der Waals surface area contributed by atoms with E-state index in [1.807, 2.05) is 0 Å². The highest BCUT2D eigenvalue weighted by Gasteiger charge is 2.23. The van der Waals surface area contributed by atoms with Gasteiger partial charge in [-0.05, 0) is 27.2 Å². The molecule has 3 aromatic heterocycles. The van der Waals surface area contributed by atoms with Gasteiger partial charge in [0.05, 0.1) is 27.5 Å². The maximum Gasteiger partial charge on any atom is 0.0960 e. The number of para-hydroxylation sites is 1. The van der Waals surface area contributed by atoms with Gasteiger partial charge in [-0.3, -0.25) is 0 Å². The molecule has 0 radical (unpaired) electrons. The van der Waals surface area contributed by atoms with Crippen molar-refractivity contribution < 1.29 is 0 Å². The van der Waals surface area contributed by atoms with E-state index in [1.165, 1.54) is 40.8 Å². The van der Waals surface area contributed by atoms with Crippen LogP contribution >= 0.6 is 8.19 Å². The van der Waals surface area contributed by atoms with Crippen molar-refractivity contribution in [1.82, 2.24) is 9.38 Å². The van der Waals surface area contributed by atoms with Crippen LogP contribution in [0.25, 0.3) is 27.2 Å². The Bertz CT molecular complexity index is 944. The minimum Gasteiger partial charge on any atom is -0.301 e. The summed E-state index contributed by atoms with van der Waals surface area (Å²) in [5.74, 6) is 0. The molecule has 100 valence electrons. The van der Waals surface area contributed by atoms with Gasteiger partial charge in [-0.1, -0.05) is 39.0 Å². The Labute approximate surface area is 119 Å². The van der Waals surface area contributed by atoms with Crippen LogP contribution in [0.1, 0.15) is 31.8 Å². The van der Waals surface area contributed by atoms with Gasteiger partial charge in [0.25, 0.3) is 0 Å². The third-order valence-electron chi connectivity index (χ3n) is 3.94. The molecular weight excluding hydrogens is 263 g/mol. The Morgan fingerprint density at radius 3 is 2.65 bits per heavy atom. The number of aryl methyl sites for hydroxylation is 1. The SMILES string of the molecule is Cc1pc2c(C(C)(C)C)nc3cccc4ccc1n2c43. The molecule has 0 aliphatic rings. The van der Waals surface area contributed by atoms with Gasteiger partial charge in [0.2, 0.25) is 0 Å². The normalized spacial score (nSPS) is 13.4. The second-order valence-corrected chi connectivity index (χ2v) is 7.82. The highest BCUT2D eigenvalue weighted by molar-refractivity contribution is 7.37. The first-order valence-corrected chi connectivity index (χ1v) is 7.86. The summed E-state index contributed by atoms with van der Waals surface area (Å²) < 4.78 is 2.43. The fourth-order valence-electron chi connectivity index (χ4n) is 2.98. The minimum absolute atomic E-state index is 0.0624. The molecule has 0 atom stereocenters. The lowest BCUT2D eigenvalue weighted by Crippen LogP contribution is -2.15. The van der Waals surface area contributed by atoms with E-state index in [2.05, 4.69) is 62.4 Å². The van der Waals surface area contributed by atoms with Crippen LogP contribution in [0.3, 0.4) is 0 Å². The summed E-state index contributed by atoms with van der Waals surface area (Å²) in [6.45, 7) is 8.96. The van der Waals surface area contributed by atoms with Crippen molar-refractivity contribution in [3.05, 3.63) is 41.3 Å². The van der Waals surface area contributed by atoms with Crippen LogP contribution in [0.2, 0.25) is 0 Å². The number of nitrogens with zero attached hydrogens (tertiary/aromatic N) is 2. The van der Waals surface area contributed by atoms with E-state index in [9.17, 15) is 0 Å². The molecule has 0 saturated carbocycles. The molecule has 0 aliphatic carbocycles. The smallest absolute Gasteiger partial charge is 0.0960 e. The zero-order valence-corrected chi connectivity index (χ0v) is 13.1. The van der Waals surface area contributed by atoms with Gasteiger partial charge in [-0.25, -0.2) is 4.98 Å². The summed E-state index contributed by atoms with van der Waals surface area (Å²) in [7, 11) is 1.30. The Morgan fingerprint density at radius 2 is 1.90 bits per heavy atom. The van der Waals surface area contributed by atoms with E-state index in [1.54, 1.807) is 0 Å². The molecule has 3 heteroatoms. The zero-order chi connectivity index (χ0) is 14.1. The van der Waals surface area contributed by atoms with E-state index in [0.29, 0.717) is 0 Å². The van der Waals surface area contributed by atoms with Crippen molar-refractivity contribution >= 4 is 35.4 Å². The van der Waals surface area contributed by atoms with Crippen molar-refractivity contribution in [2.75, 3.05) is 0 Å². The fourth-order valence-corrected chi connectivity index (χ4v) is 4.39. The predicted octanol–water partition coefficient (Wildman–Crippen LogP) is 5.26. The summed E-state index contributed by atoms with van der Waals surface area (Å²) in [6, 6.07) is 10.9. The topological polar surface area (TPSA) is 17.3 Å². The van der Waals surface area contributed by atoms with Gasteiger partial charge >= 0.3 is 0 Å². The third-order valence-corrected chi connectivity index (χ3v) is 5.13. The number of benzene rings is 1. The largest absolute Gasteiger partial charge is 0.301 e. The summed E-state index contributed by atoms with van der Waals surface area (Å²) in [5, 5.41) is 4.02. The molecule has 20 heavy (non-hydrogen) atoms. The van der Waals surface area contributed by atoms with Crippen LogP contribution in [0.5, 0.6) is 0 Å². The molecule has 0 spiro atoms. The van der Waals surface area contributed by atoms with Crippen LogP contribution < -0.4 is 0 Å².